The molecule has 0 unspecified atom stereocenters. The third kappa shape index (κ3) is 3.99. The quantitative estimate of drug-likeness (QED) is 0.795. The minimum absolute atomic E-state index is 0.102. The molecule has 1 aliphatic rings. The first-order valence-corrected chi connectivity index (χ1v) is 8.72. The summed E-state index contributed by atoms with van der Waals surface area (Å²) in [6.07, 6.45) is 2.12. The van der Waals surface area contributed by atoms with Gasteiger partial charge >= 0.3 is 0 Å². The largest absolute Gasteiger partial charge is 0.339 e. The molecule has 0 bridgehead atoms. The lowest BCUT2D eigenvalue weighted by molar-refractivity contribution is 0.0631. The molecule has 2 rings (SSSR count). The topological polar surface area (TPSA) is 23.6 Å². The molecule has 1 aliphatic heterocycles. The van der Waals surface area contributed by atoms with Gasteiger partial charge in [0.25, 0.3) is 5.91 Å². The number of carbonyl (C=O) groups excluding carboxylic acids is 1. The monoisotopic (exact) mass is 372 g/mol. The maximum atomic E-state index is 12.5. The summed E-state index contributed by atoms with van der Waals surface area (Å²) in [6.45, 7) is 8.23. The maximum absolute atomic E-state index is 12.5. The summed E-state index contributed by atoms with van der Waals surface area (Å²) in [5, 5.41) is 0.631. The van der Waals surface area contributed by atoms with E-state index in [-0.39, 0.29) is 5.91 Å². The van der Waals surface area contributed by atoms with Crippen LogP contribution in [0, 0.1) is 0 Å². The predicted octanol–water partition coefficient (Wildman–Crippen LogP) is 4.05. The summed E-state index contributed by atoms with van der Waals surface area (Å²) in [7, 11) is 0. The second-order valence-electron chi connectivity index (χ2n) is 5.37. The first-order valence-electron chi connectivity index (χ1n) is 7.55. The van der Waals surface area contributed by atoms with E-state index in [0.29, 0.717) is 16.6 Å². The third-order valence-electron chi connectivity index (χ3n) is 4.25. The van der Waals surface area contributed by atoms with E-state index in [1.54, 1.807) is 18.2 Å². The summed E-state index contributed by atoms with van der Waals surface area (Å²) < 4.78 is 0.771. The zero-order valence-electron chi connectivity index (χ0n) is 12.6. The molecule has 1 aromatic rings. The lowest BCUT2D eigenvalue weighted by Gasteiger charge is -2.37. The zero-order chi connectivity index (χ0) is 15.4. The Kier molecular flexibility index (Phi) is 6.08. The lowest BCUT2D eigenvalue weighted by atomic mass is 10.0. The van der Waals surface area contributed by atoms with Crippen LogP contribution in [-0.4, -0.2) is 47.9 Å². The van der Waals surface area contributed by atoms with Crippen molar-refractivity contribution in [1.82, 2.24) is 9.80 Å². The minimum Gasteiger partial charge on any atom is -0.339 e. The number of rotatable bonds is 4. The van der Waals surface area contributed by atoms with Crippen LogP contribution in [0.2, 0.25) is 5.02 Å². The van der Waals surface area contributed by atoms with Crippen LogP contribution in [0.3, 0.4) is 0 Å². The van der Waals surface area contributed by atoms with Gasteiger partial charge in [-0.15, -0.1) is 0 Å². The lowest BCUT2D eigenvalue weighted by Crippen LogP contribution is -2.46. The average Bonchev–Trinajstić information content (AvgIpc) is 2.51. The Hall–Kier alpha value is -0.580. The van der Waals surface area contributed by atoms with Crippen molar-refractivity contribution in [3.8, 4) is 0 Å². The molecule has 1 heterocycles. The number of hydrogen-bond donors (Lipinski definition) is 0. The van der Waals surface area contributed by atoms with E-state index >= 15 is 0 Å². The van der Waals surface area contributed by atoms with Crippen molar-refractivity contribution in [2.75, 3.05) is 26.2 Å². The molecule has 0 atom stereocenters. The van der Waals surface area contributed by atoms with Crippen LogP contribution in [0.25, 0.3) is 0 Å². The number of piperidine rings is 1. The molecule has 0 N–H and O–H groups in total. The summed E-state index contributed by atoms with van der Waals surface area (Å²) in [5.41, 5.74) is 0.701. The Morgan fingerprint density at radius 2 is 1.95 bits per heavy atom. The van der Waals surface area contributed by atoms with Gasteiger partial charge in [0.2, 0.25) is 0 Å². The van der Waals surface area contributed by atoms with Gasteiger partial charge in [-0.3, -0.25) is 4.79 Å². The fraction of sp³-hybridized carbons (Fsp3) is 0.562. The van der Waals surface area contributed by atoms with Gasteiger partial charge in [0.1, 0.15) is 0 Å². The van der Waals surface area contributed by atoms with Crippen LogP contribution in [-0.2, 0) is 0 Å². The van der Waals surface area contributed by atoms with Crippen LogP contribution in [0.4, 0.5) is 0 Å². The molecular weight excluding hydrogens is 352 g/mol. The Bertz CT molecular complexity index is 497. The molecule has 0 radical (unpaired) electrons. The maximum Gasteiger partial charge on any atom is 0.253 e. The molecule has 1 fully saturated rings. The molecule has 1 aromatic carbocycles. The molecule has 1 saturated heterocycles. The van der Waals surface area contributed by atoms with Crippen molar-refractivity contribution in [2.45, 2.75) is 32.7 Å². The van der Waals surface area contributed by atoms with Crippen LogP contribution >= 0.6 is 27.5 Å². The van der Waals surface area contributed by atoms with Crippen molar-refractivity contribution >= 4 is 33.4 Å². The normalized spacial score (nSPS) is 16.5. The molecule has 0 aromatic heterocycles. The van der Waals surface area contributed by atoms with Gasteiger partial charge in [-0.1, -0.05) is 25.4 Å². The standard InChI is InChI=1S/C16H22BrClN2O/c1-3-19(4-2)13-7-9-20(10-8-13)16(21)12-5-6-15(18)14(17)11-12/h5-6,11,13H,3-4,7-10H2,1-2H3. The Morgan fingerprint density at radius 3 is 2.48 bits per heavy atom. The van der Waals surface area contributed by atoms with Crippen LogP contribution in [0.1, 0.15) is 37.0 Å². The van der Waals surface area contributed by atoms with Gasteiger partial charge in [-0.2, -0.15) is 0 Å². The number of amides is 1. The second-order valence-corrected chi connectivity index (χ2v) is 6.64. The van der Waals surface area contributed by atoms with Crippen LogP contribution in [0.5, 0.6) is 0 Å². The van der Waals surface area contributed by atoms with Gasteiger partial charge in [-0.05, 0) is 60.1 Å². The van der Waals surface area contributed by atoms with Gasteiger partial charge < -0.3 is 9.80 Å². The van der Waals surface area contributed by atoms with Crippen molar-refractivity contribution in [3.63, 3.8) is 0 Å². The fourth-order valence-corrected chi connectivity index (χ4v) is 3.48. The highest BCUT2D eigenvalue weighted by Crippen LogP contribution is 2.25. The SMILES string of the molecule is CCN(CC)C1CCN(C(=O)c2ccc(Cl)c(Br)c2)CC1. The van der Waals surface area contributed by atoms with Gasteiger partial charge in [0, 0.05) is 29.2 Å². The van der Waals surface area contributed by atoms with E-state index in [2.05, 4.69) is 34.7 Å². The van der Waals surface area contributed by atoms with Gasteiger partial charge in [0.15, 0.2) is 0 Å². The molecule has 5 heteroatoms. The molecule has 0 aliphatic carbocycles. The van der Waals surface area contributed by atoms with E-state index in [1.807, 2.05) is 4.90 Å². The molecule has 1 amide bonds. The number of nitrogens with zero attached hydrogens (tertiary/aromatic N) is 2. The zero-order valence-corrected chi connectivity index (χ0v) is 15.0. The highest BCUT2D eigenvalue weighted by Gasteiger charge is 2.26. The van der Waals surface area contributed by atoms with Gasteiger partial charge in [-0.25, -0.2) is 0 Å². The average molecular weight is 374 g/mol. The molecule has 21 heavy (non-hydrogen) atoms. The molecule has 0 saturated carbocycles. The Labute approximate surface area is 140 Å². The van der Waals surface area contributed by atoms with E-state index in [1.165, 1.54) is 0 Å². The highest BCUT2D eigenvalue weighted by atomic mass is 79.9. The number of hydrogen-bond acceptors (Lipinski definition) is 2. The van der Waals surface area contributed by atoms with E-state index in [4.69, 9.17) is 11.6 Å². The van der Waals surface area contributed by atoms with Crippen molar-refractivity contribution in [1.29, 1.82) is 0 Å². The van der Waals surface area contributed by atoms with Crippen molar-refractivity contribution in [2.24, 2.45) is 0 Å². The van der Waals surface area contributed by atoms with Crippen LogP contribution < -0.4 is 0 Å². The van der Waals surface area contributed by atoms with E-state index in [0.717, 1.165) is 43.5 Å². The minimum atomic E-state index is 0.102. The highest BCUT2D eigenvalue weighted by molar-refractivity contribution is 9.10. The first kappa shape index (κ1) is 16.8. The van der Waals surface area contributed by atoms with Gasteiger partial charge in [0.05, 0.1) is 5.02 Å². The summed E-state index contributed by atoms with van der Waals surface area (Å²) >= 11 is 9.36. The second kappa shape index (κ2) is 7.61. The number of halogens is 2. The number of carbonyl (C=O) groups is 1. The third-order valence-corrected chi connectivity index (χ3v) is 5.46. The molecule has 0 spiro atoms. The summed E-state index contributed by atoms with van der Waals surface area (Å²) in [6, 6.07) is 5.98. The van der Waals surface area contributed by atoms with Crippen LogP contribution in [0.15, 0.2) is 22.7 Å². The predicted molar refractivity (Wildman–Crippen MR) is 91.0 cm³/mol. The smallest absolute Gasteiger partial charge is 0.253 e. The fourth-order valence-electron chi connectivity index (χ4n) is 2.99. The molecular formula is C16H22BrClN2O. The first-order chi connectivity index (χ1) is 10.1. The van der Waals surface area contributed by atoms with E-state index in [9.17, 15) is 4.79 Å². The molecule has 116 valence electrons. The number of benzene rings is 1. The van der Waals surface area contributed by atoms with Crippen molar-refractivity contribution < 1.29 is 4.79 Å². The van der Waals surface area contributed by atoms with E-state index < -0.39 is 0 Å². The molecule has 3 nitrogen and oxygen atoms in total. The Morgan fingerprint density at radius 1 is 1.33 bits per heavy atom. The number of likely N-dealkylation sites (tertiary alicyclic amines) is 1. The Balaban J connectivity index is 1.98. The summed E-state index contributed by atoms with van der Waals surface area (Å²) in [5.74, 6) is 0.102. The summed E-state index contributed by atoms with van der Waals surface area (Å²) in [4.78, 5) is 17.0. The van der Waals surface area contributed by atoms with Crippen molar-refractivity contribution in [3.05, 3.63) is 33.3 Å².